The van der Waals surface area contributed by atoms with E-state index in [-0.39, 0.29) is 36.6 Å². The number of benzene rings is 3. The third kappa shape index (κ3) is 4.79. The second kappa shape index (κ2) is 10.5. The number of H-pyrrole nitrogens is 1. The highest BCUT2D eigenvalue weighted by Gasteiger charge is 2.36. The summed E-state index contributed by atoms with van der Waals surface area (Å²) in [5.41, 5.74) is 8.32. The minimum Gasteiger partial charge on any atom is -0.364 e. The Morgan fingerprint density at radius 1 is 0.914 bits per heavy atom. The smallest absolute Gasteiger partial charge is 0.230 e. The van der Waals surface area contributed by atoms with Gasteiger partial charge in [-0.2, -0.15) is 0 Å². The van der Waals surface area contributed by atoms with Gasteiger partial charge in [-0.25, -0.2) is 4.98 Å². The molecule has 5 nitrogen and oxygen atoms in total. The molecule has 6 rings (SSSR count). The number of hydrogen-bond acceptors (Lipinski definition) is 3. The van der Waals surface area contributed by atoms with Crippen LogP contribution < -0.4 is 4.90 Å². The van der Waals surface area contributed by atoms with Gasteiger partial charge in [0.05, 0.1) is 24.5 Å². The normalized spacial score (nSPS) is 16.1. The lowest BCUT2D eigenvalue weighted by atomic mass is 9.77. The fraction of sp³-hybridized carbons (Fsp3) is 0.214. The molecule has 0 spiro atoms. The Labute approximate surface area is 218 Å². The minimum atomic E-state index is -0.0129. The Morgan fingerprint density at radius 2 is 1.71 bits per heavy atom. The summed E-state index contributed by atoms with van der Waals surface area (Å²) >= 11 is 0. The van der Waals surface area contributed by atoms with E-state index in [1.165, 1.54) is 33.5 Å². The zero-order valence-corrected chi connectivity index (χ0v) is 20.9. The maximum absolute atomic E-state index is 13.6. The highest BCUT2D eigenvalue weighted by atomic mass is 35.5. The number of halogens is 2. The Morgan fingerprint density at radius 3 is 2.49 bits per heavy atom. The summed E-state index contributed by atoms with van der Waals surface area (Å²) in [6.07, 6.45) is 4.44. The molecule has 2 aliphatic rings. The zero-order valence-electron chi connectivity index (χ0n) is 19.3. The molecule has 1 unspecified atom stereocenters. The van der Waals surface area contributed by atoms with Gasteiger partial charge in [0, 0.05) is 31.5 Å². The van der Waals surface area contributed by atoms with Gasteiger partial charge in [0.2, 0.25) is 5.91 Å². The topological polar surface area (TPSA) is 52.2 Å². The summed E-state index contributed by atoms with van der Waals surface area (Å²) in [5, 5.41) is 0. The number of imidazole rings is 1. The average Bonchev–Trinajstić information content (AvgIpc) is 3.28. The molecule has 4 aromatic rings. The zero-order chi connectivity index (χ0) is 22.2. The van der Waals surface area contributed by atoms with Gasteiger partial charge in [-0.1, -0.05) is 60.7 Å². The van der Waals surface area contributed by atoms with Crippen LogP contribution in [0.1, 0.15) is 28.3 Å². The van der Waals surface area contributed by atoms with E-state index in [1.54, 1.807) is 6.33 Å². The number of anilines is 1. The van der Waals surface area contributed by atoms with Gasteiger partial charge >= 0.3 is 0 Å². The van der Waals surface area contributed by atoms with Crippen LogP contribution in [-0.2, 0) is 24.3 Å². The number of nitrogens with one attached hydrogen (secondary N) is 1. The van der Waals surface area contributed by atoms with Crippen LogP contribution in [0.15, 0.2) is 85.3 Å². The first-order chi connectivity index (χ1) is 16.3. The first-order valence-electron chi connectivity index (χ1n) is 11.5. The summed E-state index contributed by atoms with van der Waals surface area (Å²) < 4.78 is 0. The van der Waals surface area contributed by atoms with Crippen LogP contribution in [0.2, 0.25) is 0 Å². The molecule has 1 N–H and O–H groups in total. The maximum Gasteiger partial charge on any atom is 0.230 e. The Hall–Kier alpha value is -3.28. The van der Waals surface area contributed by atoms with Crippen molar-refractivity contribution in [2.24, 2.45) is 0 Å². The van der Waals surface area contributed by atoms with Crippen LogP contribution in [0.4, 0.5) is 5.69 Å². The third-order valence-corrected chi connectivity index (χ3v) is 6.91. The number of hydrogen-bond donors (Lipinski definition) is 1. The van der Waals surface area contributed by atoms with E-state index in [2.05, 4.69) is 80.4 Å². The molecule has 7 heteroatoms. The lowest BCUT2D eigenvalue weighted by Gasteiger charge is -2.33. The van der Waals surface area contributed by atoms with Gasteiger partial charge in [0.1, 0.15) is 0 Å². The van der Waals surface area contributed by atoms with Crippen molar-refractivity contribution in [3.05, 3.63) is 108 Å². The summed E-state index contributed by atoms with van der Waals surface area (Å²) in [6.45, 7) is 2.87. The number of carbonyl (C=O) groups excluding carboxylic acids is 1. The molecule has 1 atom stereocenters. The number of amides is 1. The van der Waals surface area contributed by atoms with Gasteiger partial charge in [-0.3, -0.25) is 4.79 Å². The van der Waals surface area contributed by atoms with Crippen LogP contribution in [0.5, 0.6) is 0 Å². The fourth-order valence-electron chi connectivity index (χ4n) is 5.11. The second-order valence-electron chi connectivity index (χ2n) is 8.92. The summed E-state index contributed by atoms with van der Waals surface area (Å²) in [7, 11) is 0. The largest absolute Gasteiger partial charge is 0.364 e. The molecule has 0 saturated carbocycles. The first-order valence-corrected chi connectivity index (χ1v) is 11.5. The van der Waals surface area contributed by atoms with E-state index in [1.807, 2.05) is 18.3 Å². The highest BCUT2D eigenvalue weighted by molar-refractivity contribution is 5.87. The molecule has 0 radical (unpaired) electrons. The quantitative estimate of drug-likeness (QED) is 0.391. The fourth-order valence-corrected chi connectivity index (χ4v) is 5.11. The maximum atomic E-state index is 13.6. The number of rotatable bonds is 4. The molecule has 0 bridgehead atoms. The van der Waals surface area contributed by atoms with Crippen molar-refractivity contribution in [2.75, 3.05) is 18.0 Å². The number of aromatic nitrogens is 2. The van der Waals surface area contributed by atoms with E-state index in [0.29, 0.717) is 13.1 Å². The number of carbonyl (C=O) groups is 1. The molecule has 3 aromatic carbocycles. The van der Waals surface area contributed by atoms with E-state index in [9.17, 15) is 4.79 Å². The van der Waals surface area contributed by atoms with Crippen LogP contribution in [0, 0.1) is 0 Å². The van der Waals surface area contributed by atoms with E-state index in [0.717, 1.165) is 25.2 Å². The molecular formula is C28H28Cl2N4O. The highest BCUT2D eigenvalue weighted by Crippen LogP contribution is 2.38. The molecule has 2 heterocycles. The van der Waals surface area contributed by atoms with Gasteiger partial charge in [-0.05, 0) is 46.4 Å². The standard InChI is InChI=1S/C28H26N4O.2ClH/c33-28(26-15-22-8-4-5-9-25(22)26)32-13-12-31(18-24-16-29-19-30-24)27-11-10-21(14-23(27)17-32)20-6-2-1-3-7-20;;/h1-11,14,16,19,26H,12-13,15,17-18H2,(H,29,30);2*1H. The van der Waals surface area contributed by atoms with Gasteiger partial charge < -0.3 is 14.8 Å². The lowest BCUT2D eigenvalue weighted by Crippen LogP contribution is -2.41. The second-order valence-corrected chi connectivity index (χ2v) is 8.92. The molecule has 1 aromatic heterocycles. The molecule has 1 aliphatic heterocycles. The average molecular weight is 507 g/mol. The van der Waals surface area contributed by atoms with Crippen molar-refractivity contribution in [2.45, 2.75) is 25.4 Å². The van der Waals surface area contributed by atoms with Gasteiger partial charge in [-0.15, -0.1) is 24.8 Å². The predicted octanol–water partition coefficient (Wildman–Crippen LogP) is 5.61. The Bertz CT molecular complexity index is 1290. The molecule has 0 fully saturated rings. The van der Waals surface area contributed by atoms with Crippen LogP contribution in [0.3, 0.4) is 0 Å². The number of nitrogens with zero attached hydrogens (tertiary/aromatic N) is 3. The summed E-state index contributed by atoms with van der Waals surface area (Å²) in [5.74, 6) is 0.231. The summed E-state index contributed by atoms with van der Waals surface area (Å²) in [4.78, 5) is 25.4. The Kier molecular flexibility index (Phi) is 7.48. The van der Waals surface area contributed by atoms with Crippen molar-refractivity contribution in [3.8, 4) is 11.1 Å². The van der Waals surface area contributed by atoms with Crippen LogP contribution >= 0.6 is 24.8 Å². The van der Waals surface area contributed by atoms with Crippen molar-refractivity contribution < 1.29 is 4.79 Å². The molecule has 0 saturated heterocycles. The molecule has 1 amide bonds. The van der Waals surface area contributed by atoms with Crippen LogP contribution in [-0.4, -0.2) is 33.9 Å². The van der Waals surface area contributed by atoms with Gasteiger partial charge in [0.25, 0.3) is 0 Å². The van der Waals surface area contributed by atoms with Gasteiger partial charge in [0.15, 0.2) is 0 Å². The first kappa shape index (κ1) is 24.8. The number of aromatic amines is 1. The summed E-state index contributed by atoms with van der Waals surface area (Å²) in [6, 6.07) is 25.4. The van der Waals surface area contributed by atoms with Crippen LogP contribution in [0.25, 0.3) is 11.1 Å². The van der Waals surface area contributed by atoms with Crippen molar-refractivity contribution in [1.82, 2.24) is 14.9 Å². The predicted molar refractivity (Wildman–Crippen MR) is 144 cm³/mol. The van der Waals surface area contributed by atoms with Crippen molar-refractivity contribution in [3.63, 3.8) is 0 Å². The molecule has 1 aliphatic carbocycles. The van der Waals surface area contributed by atoms with E-state index in [4.69, 9.17) is 0 Å². The lowest BCUT2D eigenvalue weighted by molar-refractivity contribution is -0.133. The molecular weight excluding hydrogens is 479 g/mol. The Balaban J connectivity index is 0.00000144. The molecule has 35 heavy (non-hydrogen) atoms. The SMILES string of the molecule is Cl.Cl.O=C(C1Cc2ccccc21)N1CCN(Cc2cnc[nH]2)c2ccc(-c3ccccc3)cc2C1. The van der Waals surface area contributed by atoms with E-state index >= 15 is 0 Å². The van der Waals surface area contributed by atoms with Crippen molar-refractivity contribution >= 4 is 36.4 Å². The van der Waals surface area contributed by atoms with E-state index < -0.39 is 0 Å². The molecule has 180 valence electrons. The monoisotopic (exact) mass is 506 g/mol. The minimum absolute atomic E-state index is 0. The van der Waals surface area contributed by atoms with Crippen molar-refractivity contribution in [1.29, 1.82) is 0 Å². The third-order valence-electron chi connectivity index (χ3n) is 6.91. The number of fused-ring (bicyclic) bond motifs is 2.